The van der Waals surface area contributed by atoms with Gasteiger partial charge in [-0.2, -0.15) is 0 Å². The molecule has 0 bridgehead atoms. The summed E-state index contributed by atoms with van der Waals surface area (Å²) in [4.78, 5) is 25.5. The molecule has 1 saturated heterocycles. The molecule has 9 nitrogen and oxygen atoms in total. The largest absolute Gasteiger partial charge is 0.444 e. The Labute approximate surface area is 200 Å². The molecule has 3 aliphatic rings. The third-order valence-electron chi connectivity index (χ3n) is 7.06. The number of likely N-dealkylation sites (tertiary alicyclic amines) is 1. The van der Waals surface area contributed by atoms with E-state index in [4.69, 9.17) is 4.74 Å². The van der Waals surface area contributed by atoms with Crippen LogP contribution in [0.5, 0.6) is 0 Å². The lowest BCUT2D eigenvalue weighted by Gasteiger charge is -2.27. The van der Waals surface area contributed by atoms with Crippen LogP contribution in [-0.2, 0) is 21.0 Å². The van der Waals surface area contributed by atoms with Crippen molar-refractivity contribution in [1.82, 2.24) is 14.9 Å². The number of sulfone groups is 1. The molecular weight excluding hydrogens is 454 g/mol. The maximum atomic E-state index is 12.4. The molecule has 34 heavy (non-hydrogen) atoms. The number of carbonyl (C=O) groups is 1. The molecule has 3 heterocycles. The van der Waals surface area contributed by atoms with Gasteiger partial charge in [-0.1, -0.05) is 6.92 Å². The first-order valence-corrected chi connectivity index (χ1v) is 13.4. The third-order valence-corrected chi connectivity index (χ3v) is 8.17. The van der Waals surface area contributed by atoms with Crippen molar-refractivity contribution >= 4 is 33.3 Å². The molecule has 1 aliphatic carbocycles. The normalized spacial score (nSPS) is 25.7. The second kappa shape index (κ2) is 7.56. The lowest BCUT2D eigenvalue weighted by Crippen LogP contribution is -2.39. The summed E-state index contributed by atoms with van der Waals surface area (Å²) in [6.45, 7) is 9.89. The van der Waals surface area contributed by atoms with Crippen molar-refractivity contribution in [3.05, 3.63) is 36.2 Å². The number of hydrogen-bond acceptors (Lipinski definition) is 8. The van der Waals surface area contributed by atoms with Gasteiger partial charge >= 0.3 is 6.09 Å². The molecule has 2 fully saturated rings. The number of aromatic nitrogens is 2. The molecule has 10 heteroatoms. The Bertz CT molecular complexity index is 1260. The van der Waals surface area contributed by atoms with Gasteiger partial charge in [0.2, 0.25) is 0 Å². The predicted octanol–water partition coefficient (Wildman–Crippen LogP) is 3.24. The minimum absolute atomic E-state index is 0.00962. The van der Waals surface area contributed by atoms with Gasteiger partial charge in [-0.05, 0) is 51.0 Å². The summed E-state index contributed by atoms with van der Waals surface area (Å²) in [6.07, 6.45) is 3.28. The van der Waals surface area contributed by atoms with E-state index in [-0.39, 0.29) is 17.6 Å². The van der Waals surface area contributed by atoms with Crippen molar-refractivity contribution < 1.29 is 17.9 Å². The number of carbonyl (C=O) groups excluding carboxylic acids is 1. The van der Waals surface area contributed by atoms with Crippen molar-refractivity contribution in [2.24, 2.45) is 11.3 Å². The van der Waals surface area contributed by atoms with Crippen LogP contribution in [0.3, 0.4) is 0 Å². The summed E-state index contributed by atoms with van der Waals surface area (Å²) >= 11 is 0. The first-order valence-electron chi connectivity index (χ1n) is 11.5. The quantitative estimate of drug-likeness (QED) is 0.704. The Kier molecular flexibility index (Phi) is 5.09. The van der Waals surface area contributed by atoms with E-state index < -0.39 is 15.4 Å². The first-order chi connectivity index (χ1) is 15.8. The van der Waals surface area contributed by atoms with Gasteiger partial charge in [0.15, 0.2) is 9.84 Å². The third kappa shape index (κ3) is 4.08. The maximum Gasteiger partial charge on any atom is 0.410 e. The Morgan fingerprint density at radius 2 is 2.00 bits per heavy atom. The number of hydrogen-bond donors (Lipinski definition) is 1. The zero-order chi connectivity index (χ0) is 24.5. The Morgan fingerprint density at radius 3 is 2.65 bits per heavy atom. The number of rotatable bonds is 4. The number of benzene rings is 1. The molecule has 3 unspecified atom stereocenters. The van der Waals surface area contributed by atoms with Crippen LogP contribution >= 0.6 is 0 Å². The summed E-state index contributed by atoms with van der Waals surface area (Å²) < 4.78 is 29.3. The Hall–Kier alpha value is -2.88. The van der Waals surface area contributed by atoms with Crippen LogP contribution < -0.4 is 10.2 Å². The van der Waals surface area contributed by atoms with Gasteiger partial charge in [0.1, 0.15) is 23.6 Å². The fourth-order valence-corrected chi connectivity index (χ4v) is 5.89. The summed E-state index contributed by atoms with van der Waals surface area (Å²) in [7, 11) is -3.24. The van der Waals surface area contributed by atoms with Gasteiger partial charge in [0.05, 0.1) is 4.90 Å². The molecule has 2 aromatic rings. The standard InChI is InChI=1S/C24H31N5O4S/c1-23(2,3)33-22(30)28-12-17-21(24(17,4)13-28)27-19-11-20(26-14-25-19)29-9-8-15-10-16(34(5,31)32)6-7-18(15)29/h6-7,10-11,14,17,21H,8-9,12-13H2,1-5H3,(H,25,26,27). The van der Waals surface area contributed by atoms with Gasteiger partial charge in [0, 0.05) is 55.0 Å². The van der Waals surface area contributed by atoms with E-state index >= 15 is 0 Å². The highest BCUT2D eigenvalue weighted by atomic mass is 32.2. The van der Waals surface area contributed by atoms with Crippen LogP contribution in [0.25, 0.3) is 0 Å². The molecule has 1 saturated carbocycles. The molecule has 1 aromatic heterocycles. The van der Waals surface area contributed by atoms with Crippen LogP contribution in [0.2, 0.25) is 0 Å². The van der Waals surface area contributed by atoms with Gasteiger partial charge < -0.3 is 19.9 Å². The summed E-state index contributed by atoms with van der Waals surface area (Å²) in [5, 5.41) is 3.55. The smallest absolute Gasteiger partial charge is 0.410 e. The van der Waals surface area contributed by atoms with E-state index in [1.807, 2.05) is 32.9 Å². The molecule has 1 N–H and O–H groups in total. The molecule has 5 rings (SSSR count). The molecular formula is C24H31N5O4S. The van der Waals surface area contributed by atoms with Gasteiger partial charge in [-0.25, -0.2) is 23.2 Å². The van der Waals surface area contributed by atoms with E-state index in [9.17, 15) is 13.2 Å². The minimum Gasteiger partial charge on any atom is -0.444 e. The number of fused-ring (bicyclic) bond motifs is 2. The Morgan fingerprint density at radius 1 is 1.24 bits per heavy atom. The fraction of sp³-hybridized carbons (Fsp3) is 0.542. The van der Waals surface area contributed by atoms with Gasteiger partial charge in [-0.3, -0.25) is 0 Å². The van der Waals surface area contributed by atoms with Crippen LogP contribution in [0.15, 0.2) is 35.5 Å². The number of anilines is 3. The number of amides is 1. The topological polar surface area (TPSA) is 105 Å². The van der Waals surface area contributed by atoms with E-state index in [0.717, 1.165) is 35.9 Å². The molecule has 0 radical (unpaired) electrons. The van der Waals surface area contributed by atoms with Crippen molar-refractivity contribution in [1.29, 1.82) is 0 Å². The lowest BCUT2D eigenvalue weighted by atomic mass is 10.1. The highest BCUT2D eigenvalue weighted by Gasteiger charge is 2.67. The number of piperidine rings is 1. The van der Waals surface area contributed by atoms with E-state index in [1.54, 1.807) is 23.4 Å². The zero-order valence-electron chi connectivity index (χ0n) is 20.2. The van der Waals surface area contributed by atoms with Crippen LogP contribution in [0, 0.1) is 11.3 Å². The number of ether oxygens (including phenoxy) is 1. The van der Waals surface area contributed by atoms with Crippen molar-refractivity contribution in [2.45, 2.75) is 50.7 Å². The average molecular weight is 486 g/mol. The first kappa shape index (κ1) is 22.9. The second-order valence-corrected chi connectivity index (χ2v) is 12.8. The molecule has 2 aliphatic heterocycles. The highest BCUT2D eigenvalue weighted by Crippen LogP contribution is 2.58. The molecule has 1 amide bonds. The van der Waals surface area contributed by atoms with Crippen molar-refractivity contribution in [3.8, 4) is 0 Å². The van der Waals surface area contributed by atoms with Crippen molar-refractivity contribution in [2.75, 3.05) is 36.1 Å². The fourth-order valence-electron chi connectivity index (χ4n) is 5.21. The zero-order valence-corrected chi connectivity index (χ0v) is 21.0. The molecule has 1 aromatic carbocycles. The predicted molar refractivity (Wildman–Crippen MR) is 129 cm³/mol. The molecule has 182 valence electrons. The van der Waals surface area contributed by atoms with Crippen LogP contribution in [0.4, 0.5) is 22.1 Å². The summed E-state index contributed by atoms with van der Waals surface area (Å²) in [5.74, 6) is 1.87. The van der Waals surface area contributed by atoms with Gasteiger partial charge in [0.25, 0.3) is 0 Å². The molecule has 3 atom stereocenters. The Balaban J connectivity index is 1.27. The maximum absolute atomic E-state index is 12.4. The van der Waals surface area contributed by atoms with E-state index in [1.165, 1.54) is 6.26 Å². The monoisotopic (exact) mass is 485 g/mol. The molecule has 0 spiro atoms. The average Bonchev–Trinajstić information content (AvgIpc) is 3.08. The number of nitrogens with zero attached hydrogens (tertiary/aromatic N) is 4. The van der Waals surface area contributed by atoms with Crippen molar-refractivity contribution in [3.63, 3.8) is 0 Å². The lowest BCUT2D eigenvalue weighted by molar-refractivity contribution is 0.0262. The number of nitrogens with one attached hydrogen (secondary N) is 1. The highest BCUT2D eigenvalue weighted by molar-refractivity contribution is 7.90. The van der Waals surface area contributed by atoms with Crippen LogP contribution in [0.1, 0.15) is 33.3 Å². The summed E-state index contributed by atoms with van der Waals surface area (Å²) in [5.41, 5.74) is 1.47. The van der Waals surface area contributed by atoms with E-state index in [0.29, 0.717) is 23.9 Å². The van der Waals surface area contributed by atoms with Crippen LogP contribution in [-0.4, -0.2) is 66.9 Å². The van der Waals surface area contributed by atoms with Gasteiger partial charge in [-0.15, -0.1) is 0 Å². The minimum atomic E-state index is -3.24. The summed E-state index contributed by atoms with van der Waals surface area (Å²) in [6, 6.07) is 7.43. The SMILES string of the molecule is CC(C)(C)OC(=O)N1CC2C(Nc3cc(N4CCc5cc(S(C)(=O)=O)ccc54)ncn3)C2(C)C1. The second-order valence-electron chi connectivity index (χ2n) is 10.8. The van der Waals surface area contributed by atoms with E-state index in [2.05, 4.69) is 27.1 Å².